The summed E-state index contributed by atoms with van der Waals surface area (Å²) >= 11 is 0. The van der Waals surface area contributed by atoms with Crippen molar-refractivity contribution in [3.63, 3.8) is 0 Å². The predicted molar refractivity (Wildman–Crippen MR) is 73.2 cm³/mol. The van der Waals surface area contributed by atoms with E-state index >= 15 is 0 Å². The van der Waals surface area contributed by atoms with Crippen molar-refractivity contribution in [1.82, 2.24) is 4.90 Å². The van der Waals surface area contributed by atoms with Crippen molar-refractivity contribution in [2.24, 2.45) is 16.8 Å². The van der Waals surface area contributed by atoms with Crippen molar-refractivity contribution in [3.8, 4) is 0 Å². The second-order valence-corrected chi connectivity index (χ2v) is 5.06. The Hall–Kier alpha value is -2.11. The molecule has 6 heteroatoms. The summed E-state index contributed by atoms with van der Waals surface area (Å²) in [6.07, 6.45) is 1.30. The molecule has 5 nitrogen and oxygen atoms in total. The van der Waals surface area contributed by atoms with Crippen LogP contribution in [-0.4, -0.2) is 34.9 Å². The minimum absolute atomic E-state index is 0.00111. The maximum atomic E-state index is 13.5. The molecule has 3 N–H and O–H groups in total. The molecule has 0 atom stereocenters. The number of carbonyl (C=O) groups is 1. The van der Waals surface area contributed by atoms with E-state index in [1.165, 1.54) is 6.07 Å². The minimum atomic E-state index is -0.373. The number of hydrogen-bond donors (Lipinski definition) is 2. The van der Waals surface area contributed by atoms with Gasteiger partial charge in [0.25, 0.3) is 5.91 Å². The van der Waals surface area contributed by atoms with Crippen molar-refractivity contribution in [2.45, 2.75) is 19.8 Å². The molecule has 0 saturated carbocycles. The van der Waals surface area contributed by atoms with Crippen LogP contribution in [-0.2, 0) is 0 Å². The van der Waals surface area contributed by atoms with Gasteiger partial charge in [0.15, 0.2) is 0 Å². The van der Waals surface area contributed by atoms with Gasteiger partial charge in [0.05, 0.1) is 0 Å². The fourth-order valence-electron chi connectivity index (χ4n) is 2.37. The van der Waals surface area contributed by atoms with E-state index in [1.807, 2.05) is 0 Å². The molecular formula is C14H18FN3O2. The lowest BCUT2D eigenvalue weighted by atomic mass is 9.95. The van der Waals surface area contributed by atoms with Gasteiger partial charge in [-0.1, -0.05) is 11.2 Å². The van der Waals surface area contributed by atoms with E-state index in [0.717, 1.165) is 0 Å². The summed E-state index contributed by atoms with van der Waals surface area (Å²) < 4.78 is 13.5. The van der Waals surface area contributed by atoms with Gasteiger partial charge in [0.2, 0.25) is 0 Å². The third-order valence-electron chi connectivity index (χ3n) is 3.73. The standard InChI is InChI=1S/C14H18FN3O2/c1-9-2-3-11(8-12(9)15)14(19)18-6-4-10(5-7-18)13(16)17-20/h2-3,8,10,20H,4-7H2,1H3,(H2,16,17). The van der Waals surface area contributed by atoms with Gasteiger partial charge in [0, 0.05) is 24.6 Å². The quantitative estimate of drug-likeness (QED) is 0.374. The van der Waals surface area contributed by atoms with Crippen LogP contribution in [0.25, 0.3) is 0 Å². The molecule has 108 valence electrons. The number of amidine groups is 1. The fourth-order valence-corrected chi connectivity index (χ4v) is 2.37. The molecule has 0 bridgehead atoms. The number of piperidine rings is 1. The number of likely N-dealkylation sites (tertiary alicyclic amines) is 1. The normalized spacial score (nSPS) is 17.3. The van der Waals surface area contributed by atoms with Crippen LogP contribution < -0.4 is 5.73 Å². The third-order valence-corrected chi connectivity index (χ3v) is 3.73. The predicted octanol–water partition coefficient (Wildman–Crippen LogP) is 1.73. The summed E-state index contributed by atoms with van der Waals surface area (Å²) in [5, 5.41) is 11.6. The van der Waals surface area contributed by atoms with Gasteiger partial charge in [0.1, 0.15) is 11.7 Å². The highest BCUT2D eigenvalue weighted by Gasteiger charge is 2.26. The van der Waals surface area contributed by atoms with Crippen LogP contribution in [0.15, 0.2) is 23.4 Å². The number of oxime groups is 1. The number of aryl methyl sites for hydroxylation is 1. The number of hydrogen-bond acceptors (Lipinski definition) is 3. The van der Waals surface area contributed by atoms with Gasteiger partial charge >= 0.3 is 0 Å². The van der Waals surface area contributed by atoms with Crippen LogP contribution >= 0.6 is 0 Å². The molecule has 0 aromatic heterocycles. The summed E-state index contributed by atoms with van der Waals surface area (Å²) in [7, 11) is 0. The largest absolute Gasteiger partial charge is 0.409 e. The topological polar surface area (TPSA) is 78.9 Å². The molecule has 1 aliphatic rings. The van der Waals surface area contributed by atoms with Crippen LogP contribution in [0.5, 0.6) is 0 Å². The number of rotatable bonds is 2. The SMILES string of the molecule is Cc1ccc(C(=O)N2CCC(C(N)=NO)CC2)cc1F. The van der Waals surface area contributed by atoms with E-state index in [2.05, 4.69) is 5.16 Å². The maximum Gasteiger partial charge on any atom is 0.253 e. The van der Waals surface area contributed by atoms with Gasteiger partial charge in [-0.15, -0.1) is 0 Å². The summed E-state index contributed by atoms with van der Waals surface area (Å²) in [6, 6.07) is 4.51. The monoisotopic (exact) mass is 279 g/mol. The van der Waals surface area contributed by atoms with E-state index in [1.54, 1.807) is 24.0 Å². The number of carbonyl (C=O) groups excluding carboxylic acids is 1. The van der Waals surface area contributed by atoms with Crippen molar-refractivity contribution < 1.29 is 14.4 Å². The van der Waals surface area contributed by atoms with Crippen molar-refractivity contribution in [3.05, 3.63) is 35.1 Å². The summed E-state index contributed by atoms with van der Waals surface area (Å²) in [5.74, 6) is -0.346. The van der Waals surface area contributed by atoms with Gasteiger partial charge in [-0.2, -0.15) is 0 Å². The first-order valence-corrected chi connectivity index (χ1v) is 6.55. The lowest BCUT2D eigenvalue weighted by Crippen LogP contribution is -2.41. The van der Waals surface area contributed by atoms with E-state index in [9.17, 15) is 9.18 Å². The lowest BCUT2D eigenvalue weighted by Gasteiger charge is -2.31. The van der Waals surface area contributed by atoms with E-state index in [4.69, 9.17) is 10.9 Å². The molecule has 0 radical (unpaired) electrons. The number of benzene rings is 1. The molecule has 1 saturated heterocycles. The molecule has 1 fully saturated rings. The average molecular weight is 279 g/mol. The molecule has 0 spiro atoms. The molecule has 1 aromatic carbocycles. The Morgan fingerprint density at radius 1 is 1.45 bits per heavy atom. The van der Waals surface area contributed by atoms with Crippen LogP contribution in [0.3, 0.4) is 0 Å². The number of halogens is 1. The molecule has 2 rings (SSSR count). The average Bonchev–Trinajstić information content (AvgIpc) is 2.48. The highest BCUT2D eigenvalue weighted by Crippen LogP contribution is 2.20. The Balaban J connectivity index is 2.03. The summed E-state index contributed by atoms with van der Waals surface area (Å²) in [6.45, 7) is 2.70. The molecular weight excluding hydrogens is 261 g/mol. The zero-order valence-corrected chi connectivity index (χ0v) is 11.3. The number of nitrogens with two attached hydrogens (primary N) is 1. The Labute approximate surface area is 116 Å². The van der Waals surface area contributed by atoms with Crippen LogP contribution in [0, 0.1) is 18.7 Å². The first-order valence-electron chi connectivity index (χ1n) is 6.55. The Morgan fingerprint density at radius 2 is 2.10 bits per heavy atom. The third kappa shape index (κ3) is 2.89. The zero-order valence-electron chi connectivity index (χ0n) is 11.3. The summed E-state index contributed by atoms with van der Waals surface area (Å²) in [4.78, 5) is 13.9. The smallest absolute Gasteiger partial charge is 0.253 e. The Kier molecular flexibility index (Phi) is 4.22. The second-order valence-electron chi connectivity index (χ2n) is 5.06. The van der Waals surface area contributed by atoms with Crippen LogP contribution in [0.1, 0.15) is 28.8 Å². The van der Waals surface area contributed by atoms with Crippen LogP contribution in [0.4, 0.5) is 4.39 Å². The molecule has 20 heavy (non-hydrogen) atoms. The molecule has 1 aromatic rings. The Morgan fingerprint density at radius 3 is 2.65 bits per heavy atom. The second kappa shape index (κ2) is 5.90. The maximum absolute atomic E-state index is 13.5. The van der Waals surface area contributed by atoms with E-state index in [-0.39, 0.29) is 23.5 Å². The molecule has 1 heterocycles. The molecule has 0 aliphatic carbocycles. The first-order chi connectivity index (χ1) is 9.52. The highest BCUT2D eigenvalue weighted by molar-refractivity contribution is 5.94. The van der Waals surface area contributed by atoms with Crippen LogP contribution in [0.2, 0.25) is 0 Å². The lowest BCUT2D eigenvalue weighted by molar-refractivity contribution is 0.0708. The Bertz CT molecular complexity index is 537. The van der Waals surface area contributed by atoms with Gasteiger partial charge in [-0.25, -0.2) is 4.39 Å². The van der Waals surface area contributed by atoms with Gasteiger partial charge in [-0.3, -0.25) is 4.79 Å². The first kappa shape index (κ1) is 14.3. The fraction of sp³-hybridized carbons (Fsp3) is 0.429. The van der Waals surface area contributed by atoms with E-state index in [0.29, 0.717) is 37.1 Å². The van der Waals surface area contributed by atoms with Crippen molar-refractivity contribution in [2.75, 3.05) is 13.1 Å². The van der Waals surface area contributed by atoms with Gasteiger partial charge < -0.3 is 15.8 Å². The molecule has 1 amide bonds. The van der Waals surface area contributed by atoms with E-state index < -0.39 is 0 Å². The minimum Gasteiger partial charge on any atom is -0.409 e. The number of amides is 1. The van der Waals surface area contributed by atoms with Crippen molar-refractivity contribution >= 4 is 11.7 Å². The molecule has 1 aliphatic heterocycles. The van der Waals surface area contributed by atoms with Crippen molar-refractivity contribution in [1.29, 1.82) is 0 Å². The van der Waals surface area contributed by atoms with Gasteiger partial charge in [-0.05, 0) is 37.5 Å². The number of nitrogens with zero attached hydrogens (tertiary/aromatic N) is 2. The molecule has 0 unspecified atom stereocenters. The zero-order chi connectivity index (χ0) is 14.7. The highest BCUT2D eigenvalue weighted by atomic mass is 19.1. The summed E-state index contributed by atoms with van der Waals surface area (Å²) in [5.41, 5.74) is 6.44.